The Balaban J connectivity index is 2.15. The fourth-order valence-electron chi connectivity index (χ4n) is 2.33. The summed E-state index contributed by atoms with van der Waals surface area (Å²) in [7, 11) is 0. The number of benzene rings is 1. The molecular weight excluding hydrogens is 264 g/mol. The van der Waals surface area contributed by atoms with Crippen LogP contribution in [-0.4, -0.2) is 19.6 Å². The molecule has 0 aliphatic carbocycles. The topological polar surface area (TPSA) is 63.1 Å². The Kier molecular flexibility index (Phi) is 3.39. The molecule has 3 aromatic rings. The van der Waals surface area contributed by atoms with Crippen LogP contribution in [0.5, 0.6) is 0 Å². The van der Waals surface area contributed by atoms with Crippen molar-refractivity contribution in [3.63, 3.8) is 0 Å². The largest absolute Gasteiger partial charge is 0.324 e. The van der Waals surface area contributed by atoms with E-state index in [4.69, 9.17) is 0 Å². The van der Waals surface area contributed by atoms with Crippen molar-refractivity contribution in [2.45, 2.75) is 19.8 Å². The molecule has 0 atom stereocenters. The zero-order valence-electron chi connectivity index (χ0n) is 11.9. The predicted octanol–water partition coefficient (Wildman–Crippen LogP) is 2.71. The van der Waals surface area contributed by atoms with E-state index in [1.54, 1.807) is 0 Å². The summed E-state index contributed by atoms with van der Waals surface area (Å²) in [5.41, 5.74) is 2.44. The Morgan fingerprint density at radius 1 is 1.19 bits per heavy atom. The summed E-state index contributed by atoms with van der Waals surface area (Å²) in [5, 5.41) is 3.96. The minimum Gasteiger partial charge on any atom is -0.324 e. The van der Waals surface area contributed by atoms with Crippen LogP contribution in [0.4, 0.5) is 0 Å². The maximum atomic E-state index is 12.5. The van der Waals surface area contributed by atoms with Crippen LogP contribution >= 0.6 is 0 Å². The first-order valence-electron chi connectivity index (χ1n) is 6.86. The zero-order chi connectivity index (χ0) is 14.8. The van der Waals surface area contributed by atoms with Gasteiger partial charge in [0.2, 0.25) is 5.78 Å². The van der Waals surface area contributed by atoms with Gasteiger partial charge in [-0.25, -0.2) is 0 Å². The first kappa shape index (κ1) is 13.3. The van der Waals surface area contributed by atoms with Gasteiger partial charge in [-0.15, -0.1) is 0 Å². The molecule has 0 radical (unpaired) electrons. The van der Waals surface area contributed by atoms with E-state index < -0.39 is 0 Å². The van der Waals surface area contributed by atoms with Crippen LogP contribution in [0.25, 0.3) is 17.9 Å². The van der Waals surface area contributed by atoms with Crippen molar-refractivity contribution in [2.75, 3.05) is 0 Å². The van der Waals surface area contributed by atoms with Crippen molar-refractivity contribution in [2.24, 2.45) is 0 Å². The van der Waals surface area contributed by atoms with Crippen LogP contribution in [0.3, 0.4) is 0 Å². The SMILES string of the molecule is CC(C)c1c(/C=C/c2ccccc2)[nH]c2ncnn2c1=O. The summed E-state index contributed by atoms with van der Waals surface area (Å²) >= 11 is 0. The monoisotopic (exact) mass is 280 g/mol. The van der Waals surface area contributed by atoms with Crippen LogP contribution in [0.2, 0.25) is 0 Å². The van der Waals surface area contributed by atoms with Gasteiger partial charge in [-0.2, -0.15) is 14.6 Å². The number of nitrogens with zero attached hydrogens (tertiary/aromatic N) is 3. The Morgan fingerprint density at radius 2 is 1.95 bits per heavy atom. The molecule has 21 heavy (non-hydrogen) atoms. The summed E-state index contributed by atoms with van der Waals surface area (Å²) < 4.78 is 1.30. The van der Waals surface area contributed by atoms with Crippen LogP contribution in [0, 0.1) is 0 Å². The lowest BCUT2D eigenvalue weighted by molar-refractivity contribution is 0.789. The van der Waals surface area contributed by atoms with Crippen LogP contribution < -0.4 is 5.56 Å². The van der Waals surface area contributed by atoms with E-state index in [-0.39, 0.29) is 11.5 Å². The Bertz CT molecular complexity index is 844. The summed E-state index contributed by atoms with van der Waals surface area (Å²) in [6, 6.07) is 9.96. The van der Waals surface area contributed by atoms with E-state index in [9.17, 15) is 4.79 Å². The molecule has 0 unspecified atom stereocenters. The Labute approximate surface area is 122 Å². The average Bonchev–Trinajstić information content (AvgIpc) is 2.94. The molecule has 0 fully saturated rings. The highest BCUT2D eigenvalue weighted by molar-refractivity contribution is 5.70. The fraction of sp³-hybridized carbons (Fsp3) is 0.188. The van der Waals surface area contributed by atoms with Gasteiger partial charge < -0.3 is 4.98 Å². The molecule has 0 saturated carbocycles. The molecule has 0 amide bonds. The van der Waals surface area contributed by atoms with Crippen molar-refractivity contribution in [1.82, 2.24) is 19.6 Å². The van der Waals surface area contributed by atoms with Gasteiger partial charge in [0.05, 0.1) is 0 Å². The first-order valence-corrected chi connectivity index (χ1v) is 6.86. The number of aromatic nitrogens is 4. The molecule has 5 heteroatoms. The zero-order valence-corrected chi connectivity index (χ0v) is 11.9. The number of hydrogen-bond acceptors (Lipinski definition) is 3. The van der Waals surface area contributed by atoms with Crippen LogP contribution in [-0.2, 0) is 0 Å². The molecule has 0 bridgehead atoms. The molecule has 0 spiro atoms. The predicted molar refractivity (Wildman–Crippen MR) is 83.1 cm³/mol. The smallest absolute Gasteiger partial charge is 0.279 e. The number of H-pyrrole nitrogens is 1. The number of hydrogen-bond donors (Lipinski definition) is 1. The third kappa shape index (κ3) is 2.50. The summed E-state index contributed by atoms with van der Waals surface area (Å²) in [6.45, 7) is 3.99. The van der Waals surface area contributed by atoms with E-state index in [1.165, 1.54) is 10.8 Å². The van der Waals surface area contributed by atoms with Gasteiger partial charge >= 0.3 is 0 Å². The Hall–Kier alpha value is -2.69. The van der Waals surface area contributed by atoms with Crippen LogP contribution in [0.1, 0.15) is 36.6 Å². The minimum absolute atomic E-state index is 0.0952. The highest BCUT2D eigenvalue weighted by Gasteiger charge is 2.14. The fourth-order valence-corrected chi connectivity index (χ4v) is 2.33. The molecule has 5 nitrogen and oxygen atoms in total. The second-order valence-electron chi connectivity index (χ2n) is 5.15. The average molecular weight is 280 g/mol. The lowest BCUT2D eigenvalue weighted by atomic mass is 10.0. The molecule has 0 saturated heterocycles. The lowest BCUT2D eigenvalue weighted by Crippen LogP contribution is -2.22. The molecule has 3 rings (SSSR count). The van der Waals surface area contributed by atoms with Crippen molar-refractivity contribution in [1.29, 1.82) is 0 Å². The molecule has 1 N–H and O–H groups in total. The van der Waals surface area contributed by atoms with E-state index in [0.717, 1.165) is 11.3 Å². The van der Waals surface area contributed by atoms with Gasteiger partial charge in [-0.3, -0.25) is 4.79 Å². The maximum Gasteiger partial charge on any atom is 0.279 e. The van der Waals surface area contributed by atoms with Gasteiger partial charge in [-0.05, 0) is 17.6 Å². The second-order valence-corrected chi connectivity index (χ2v) is 5.15. The quantitative estimate of drug-likeness (QED) is 0.802. The van der Waals surface area contributed by atoms with Gasteiger partial charge in [-0.1, -0.05) is 50.3 Å². The van der Waals surface area contributed by atoms with Gasteiger partial charge in [0.25, 0.3) is 5.56 Å². The van der Waals surface area contributed by atoms with Gasteiger partial charge in [0, 0.05) is 11.3 Å². The van der Waals surface area contributed by atoms with Gasteiger partial charge in [0.1, 0.15) is 6.33 Å². The molecule has 106 valence electrons. The van der Waals surface area contributed by atoms with E-state index in [2.05, 4.69) is 15.1 Å². The number of aromatic amines is 1. The third-order valence-electron chi connectivity index (χ3n) is 3.33. The van der Waals surface area contributed by atoms with Crippen molar-refractivity contribution < 1.29 is 0 Å². The highest BCUT2D eigenvalue weighted by Crippen LogP contribution is 2.16. The van der Waals surface area contributed by atoms with Crippen LogP contribution in [0.15, 0.2) is 41.5 Å². The number of rotatable bonds is 3. The first-order chi connectivity index (χ1) is 10.2. The van der Waals surface area contributed by atoms with E-state index in [1.807, 2.05) is 56.3 Å². The van der Waals surface area contributed by atoms with E-state index >= 15 is 0 Å². The van der Waals surface area contributed by atoms with Crippen molar-refractivity contribution >= 4 is 17.9 Å². The third-order valence-corrected chi connectivity index (χ3v) is 3.33. The lowest BCUT2D eigenvalue weighted by Gasteiger charge is -2.09. The molecule has 2 heterocycles. The summed E-state index contributed by atoms with van der Waals surface area (Å²) in [4.78, 5) is 19.7. The highest BCUT2D eigenvalue weighted by atomic mass is 16.1. The number of nitrogens with one attached hydrogen (secondary N) is 1. The molecule has 0 aliphatic rings. The standard InChI is InChI=1S/C16H16N4O/c1-11(2)14-13(9-8-12-6-4-3-5-7-12)19-16-17-10-18-20(16)15(14)21/h3-11H,1-2H3,(H,17,18,19)/b9-8+. The van der Waals surface area contributed by atoms with Crippen molar-refractivity contribution in [3.05, 3.63) is 63.8 Å². The molecular formula is C16H16N4O. The number of fused-ring (bicyclic) bond motifs is 1. The molecule has 0 aliphatic heterocycles. The molecule has 1 aromatic carbocycles. The molecule has 2 aromatic heterocycles. The summed E-state index contributed by atoms with van der Waals surface area (Å²) in [5.74, 6) is 0.551. The van der Waals surface area contributed by atoms with E-state index in [0.29, 0.717) is 11.3 Å². The van der Waals surface area contributed by atoms with Crippen molar-refractivity contribution in [3.8, 4) is 0 Å². The normalized spacial score (nSPS) is 11.8. The second kappa shape index (κ2) is 5.36. The summed E-state index contributed by atoms with van der Waals surface area (Å²) in [6.07, 6.45) is 5.27. The van der Waals surface area contributed by atoms with Gasteiger partial charge in [0.15, 0.2) is 0 Å². The maximum absolute atomic E-state index is 12.5. The minimum atomic E-state index is -0.121. The Morgan fingerprint density at radius 3 is 2.67 bits per heavy atom.